The lowest BCUT2D eigenvalue weighted by atomic mass is 10.1. The lowest BCUT2D eigenvalue weighted by Gasteiger charge is -2.31. The van der Waals surface area contributed by atoms with E-state index in [0.29, 0.717) is 32.4 Å². The second-order valence-corrected chi connectivity index (χ2v) is 9.34. The fourth-order valence-corrected chi connectivity index (χ4v) is 5.52. The highest BCUT2D eigenvalue weighted by atomic mass is 32.2. The first-order chi connectivity index (χ1) is 13.4. The van der Waals surface area contributed by atoms with E-state index in [4.69, 9.17) is 0 Å². The molecule has 1 N–H and O–H groups in total. The minimum absolute atomic E-state index is 0.00221. The van der Waals surface area contributed by atoms with E-state index >= 15 is 0 Å². The van der Waals surface area contributed by atoms with Crippen LogP contribution in [0.4, 0.5) is 4.39 Å². The molecule has 1 saturated heterocycles. The van der Waals surface area contributed by atoms with Crippen LogP contribution < -0.4 is 0 Å². The minimum atomic E-state index is -3.52. The molecule has 2 heterocycles. The topological polar surface area (TPSA) is 70.2 Å². The molecule has 28 heavy (non-hydrogen) atoms. The molecular weight excluding hydrogens is 379 g/mol. The summed E-state index contributed by atoms with van der Waals surface area (Å²) in [4.78, 5) is 17.7. The first kappa shape index (κ1) is 18.7. The van der Waals surface area contributed by atoms with E-state index < -0.39 is 20.9 Å². The normalized spacial score (nSPS) is 15.8. The number of para-hydroxylation sites is 1. The average molecular weight is 400 g/mol. The van der Waals surface area contributed by atoms with Crippen molar-refractivity contribution in [1.82, 2.24) is 9.88 Å². The van der Waals surface area contributed by atoms with Gasteiger partial charge in [-0.15, -0.1) is 0 Å². The van der Waals surface area contributed by atoms with Gasteiger partial charge in [0.15, 0.2) is 9.84 Å². The van der Waals surface area contributed by atoms with Gasteiger partial charge in [-0.1, -0.05) is 18.2 Å². The van der Waals surface area contributed by atoms with Gasteiger partial charge in [-0.25, -0.2) is 12.8 Å². The molecule has 3 aromatic rings. The molecule has 1 amide bonds. The maximum Gasteiger partial charge on any atom is 0.227 e. The monoisotopic (exact) mass is 400 g/mol. The molecule has 146 valence electrons. The number of halogens is 1. The Bertz CT molecular complexity index is 1100. The molecule has 0 spiro atoms. The molecule has 0 radical (unpaired) electrons. The van der Waals surface area contributed by atoms with Crippen molar-refractivity contribution in [1.29, 1.82) is 0 Å². The van der Waals surface area contributed by atoms with E-state index in [1.54, 1.807) is 4.90 Å². The molecule has 5 nitrogen and oxygen atoms in total. The number of benzene rings is 2. The van der Waals surface area contributed by atoms with Crippen LogP contribution in [0, 0.1) is 5.82 Å². The second kappa shape index (κ2) is 7.39. The number of nitrogens with one attached hydrogen (secondary N) is 1. The predicted molar refractivity (Wildman–Crippen MR) is 105 cm³/mol. The van der Waals surface area contributed by atoms with Crippen LogP contribution in [0.2, 0.25) is 0 Å². The number of H-pyrrole nitrogens is 1. The first-order valence-electron chi connectivity index (χ1n) is 9.27. The summed E-state index contributed by atoms with van der Waals surface area (Å²) in [7, 11) is -3.52. The van der Waals surface area contributed by atoms with Gasteiger partial charge in [-0.2, -0.15) is 0 Å². The Balaban J connectivity index is 1.41. The van der Waals surface area contributed by atoms with Crippen LogP contribution in [0.25, 0.3) is 10.9 Å². The summed E-state index contributed by atoms with van der Waals surface area (Å²) in [6.45, 7) is 0.818. The number of likely N-dealkylation sites (tertiary alicyclic amines) is 1. The van der Waals surface area contributed by atoms with E-state index in [0.717, 1.165) is 28.6 Å². The molecule has 4 rings (SSSR count). The zero-order valence-electron chi connectivity index (χ0n) is 15.3. The molecule has 0 bridgehead atoms. The Morgan fingerprint density at radius 1 is 1.07 bits per heavy atom. The van der Waals surface area contributed by atoms with Gasteiger partial charge in [0.25, 0.3) is 0 Å². The maximum atomic E-state index is 13.1. The number of sulfone groups is 1. The fourth-order valence-electron chi connectivity index (χ4n) is 3.78. The summed E-state index contributed by atoms with van der Waals surface area (Å²) in [6, 6.07) is 12.8. The molecule has 1 aliphatic rings. The van der Waals surface area contributed by atoms with Crippen molar-refractivity contribution in [2.75, 3.05) is 13.1 Å². The van der Waals surface area contributed by atoms with E-state index in [1.807, 2.05) is 30.5 Å². The highest BCUT2D eigenvalue weighted by Gasteiger charge is 2.32. The third-order valence-electron chi connectivity index (χ3n) is 5.39. The van der Waals surface area contributed by atoms with Gasteiger partial charge < -0.3 is 9.88 Å². The smallest absolute Gasteiger partial charge is 0.227 e. The van der Waals surface area contributed by atoms with Crippen molar-refractivity contribution in [3.05, 3.63) is 66.1 Å². The van der Waals surface area contributed by atoms with Crippen molar-refractivity contribution >= 4 is 26.6 Å². The highest BCUT2D eigenvalue weighted by Crippen LogP contribution is 2.26. The molecule has 7 heteroatoms. The number of carbonyl (C=O) groups is 1. The van der Waals surface area contributed by atoms with Gasteiger partial charge in [0.1, 0.15) is 5.82 Å². The van der Waals surface area contributed by atoms with Crippen molar-refractivity contribution in [3.63, 3.8) is 0 Å². The maximum absolute atomic E-state index is 13.1. The SMILES string of the molecule is O=C(Cc1c[nH]c2ccccc12)N1CCC(S(=O)(=O)c2ccc(F)cc2)CC1. The lowest BCUT2D eigenvalue weighted by Crippen LogP contribution is -2.43. The Labute approximate surface area is 163 Å². The molecule has 1 fully saturated rings. The van der Waals surface area contributed by atoms with Gasteiger partial charge >= 0.3 is 0 Å². The van der Waals surface area contributed by atoms with Gasteiger partial charge in [0.05, 0.1) is 16.6 Å². The third-order valence-corrected chi connectivity index (χ3v) is 7.67. The van der Waals surface area contributed by atoms with Crippen LogP contribution in [0.3, 0.4) is 0 Å². The van der Waals surface area contributed by atoms with Gasteiger partial charge in [0.2, 0.25) is 5.91 Å². The standard InChI is InChI=1S/C21H21FN2O3S/c22-16-5-7-17(8-6-16)28(26,27)18-9-11-24(12-10-18)21(25)13-15-14-23-20-4-2-1-3-19(15)20/h1-8,14,18,23H,9-13H2. The Kier molecular flexibility index (Phi) is 4.93. The first-order valence-corrected chi connectivity index (χ1v) is 10.8. The Hall–Kier alpha value is -2.67. The van der Waals surface area contributed by atoms with E-state index in [-0.39, 0.29) is 10.8 Å². The zero-order valence-corrected chi connectivity index (χ0v) is 16.1. The third kappa shape index (κ3) is 3.54. The number of amides is 1. The van der Waals surface area contributed by atoms with Crippen LogP contribution in [0.15, 0.2) is 59.6 Å². The number of fused-ring (bicyclic) bond motifs is 1. The van der Waals surface area contributed by atoms with Crippen LogP contribution in [0.1, 0.15) is 18.4 Å². The molecule has 0 saturated carbocycles. The molecule has 0 atom stereocenters. The van der Waals surface area contributed by atoms with Crippen molar-refractivity contribution in [2.45, 2.75) is 29.4 Å². The fraction of sp³-hybridized carbons (Fsp3) is 0.286. The van der Waals surface area contributed by atoms with Gasteiger partial charge in [0, 0.05) is 30.2 Å². The lowest BCUT2D eigenvalue weighted by molar-refractivity contribution is -0.131. The van der Waals surface area contributed by atoms with E-state index in [1.165, 1.54) is 12.1 Å². The van der Waals surface area contributed by atoms with Gasteiger partial charge in [-0.05, 0) is 48.7 Å². The van der Waals surface area contributed by atoms with Crippen molar-refractivity contribution in [2.24, 2.45) is 0 Å². The number of rotatable bonds is 4. The minimum Gasteiger partial charge on any atom is -0.361 e. The number of aromatic nitrogens is 1. The quantitative estimate of drug-likeness (QED) is 0.683. The molecule has 1 aromatic heterocycles. The molecule has 1 aliphatic heterocycles. The average Bonchev–Trinajstić information content (AvgIpc) is 3.11. The Morgan fingerprint density at radius 2 is 1.75 bits per heavy atom. The van der Waals surface area contributed by atoms with Crippen LogP contribution in [0.5, 0.6) is 0 Å². The van der Waals surface area contributed by atoms with E-state index in [9.17, 15) is 17.6 Å². The summed E-state index contributed by atoms with van der Waals surface area (Å²) >= 11 is 0. The number of aromatic amines is 1. The summed E-state index contributed by atoms with van der Waals surface area (Å²) in [5.74, 6) is -0.459. The molecular formula is C21H21FN2O3S. The highest BCUT2D eigenvalue weighted by molar-refractivity contribution is 7.92. The number of nitrogens with zero attached hydrogens (tertiary/aromatic N) is 1. The summed E-state index contributed by atoms with van der Waals surface area (Å²) in [6.07, 6.45) is 2.92. The van der Waals surface area contributed by atoms with E-state index in [2.05, 4.69) is 4.98 Å². The van der Waals surface area contributed by atoms with Gasteiger partial charge in [-0.3, -0.25) is 4.79 Å². The number of hydrogen-bond donors (Lipinski definition) is 1. The predicted octanol–water partition coefficient (Wildman–Crippen LogP) is 3.31. The van der Waals surface area contributed by atoms with Crippen LogP contribution in [-0.2, 0) is 21.1 Å². The molecule has 2 aromatic carbocycles. The largest absolute Gasteiger partial charge is 0.361 e. The van der Waals surface area contributed by atoms with Crippen molar-refractivity contribution < 1.29 is 17.6 Å². The summed E-state index contributed by atoms with van der Waals surface area (Å²) < 4.78 is 38.6. The van der Waals surface area contributed by atoms with Crippen LogP contribution in [-0.4, -0.2) is 42.5 Å². The zero-order chi connectivity index (χ0) is 19.7. The second-order valence-electron chi connectivity index (χ2n) is 7.12. The van der Waals surface area contributed by atoms with Crippen LogP contribution >= 0.6 is 0 Å². The summed E-state index contributed by atoms with van der Waals surface area (Å²) in [5.41, 5.74) is 1.94. The number of carbonyl (C=O) groups excluding carboxylic acids is 1. The number of hydrogen-bond acceptors (Lipinski definition) is 3. The molecule has 0 aliphatic carbocycles. The van der Waals surface area contributed by atoms with Crippen molar-refractivity contribution in [3.8, 4) is 0 Å². The number of piperidine rings is 1. The summed E-state index contributed by atoms with van der Waals surface area (Å²) in [5, 5.41) is 0.486. The molecule has 0 unspecified atom stereocenters. The Morgan fingerprint density at radius 3 is 2.46 bits per heavy atom.